The zero-order valence-electron chi connectivity index (χ0n) is 12.2. The molecule has 106 valence electrons. The van der Waals surface area contributed by atoms with E-state index in [1.807, 2.05) is 35.2 Å². The predicted octanol–water partition coefficient (Wildman–Crippen LogP) is 3.02. The number of amides is 1. The predicted molar refractivity (Wildman–Crippen MR) is 80.1 cm³/mol. The Labute approximate surface area is 121 Å². The first-order chi connectivity index (χ1) is 9.60. The number of benzene rings is 1. The summed E-state index contributed by atoms with van der Waals surface area (Å²) in [5.41, 5.74) is 1.06. The second-order valence-electron chi connectivity index (χ2n) is 6.02. The van der Waals surface area contributed by atoms with Gasteiger partial charge in [-0.1, -0.05) is 44.2 Å². The summed E-state index contributed by atoms with van der Waals surface area (Å²) >= 11 is 0. The van der Waals surface area contributed by atoms with Crippen molar-refractivity contribution in [2.45, 2.75) is 32.7 Å². The lowest BCUT2D eigenvalue weighted by Gasteiger charge is -2.34. The maximum atomic E-state index is 12.5. The number of carbonyl (C=O) groups excluding carboxylic acids is 1. The third-order valence-corrected chi connectivity index (χ3v) is 3.89. The van der Waals surface area contributed by atoms with Gasteiger partial charge in [-0.3, -0.25) is 4.79 Å². The van der Waals surface area contributed by atoms with Crippen LogP contribution in [0.15, 0.2) is 30.3 Å². The van der Waals surface area contributed by atoms with E-state index in [-0.39, 0.29) is 5.91 Å². The maximum Gasteiger partial charge on any atom is 0.306 e. The molecule has 0 spiro atoms. The molecule has 2 rings (SSSR count). The largest absolute Gasteiger partial charge is 0.335 e. The summed E-state index contributed by atoms with van der Waals surface area (Å²) in [6, 6.07) is 9.24. The summed E-state index contributed by atoms with van der Waals surface area (Å²) < 4.78 is 0. The van der Waals surface area contributed by atoms with E-state index in [9.17, 15) is 4.79 Å². The molecule has 1 amide bonds. The summed E-state index contributed by atoms with van der Waals surface area (Å²) in [5, 5.41) is 0. The van der Waals surface area contributed by atoms with Gasteiger partial charge in [0.1, 0.15) is 0 Å². The van der Waals surface area contributed by atoms with Crippen molar-refractivity contribution in [2.75, 3.05) is 13.1 Å². The first-order valence-electron chi connectivity index (χ1n) is 7.29. The zero-order valence-corrected chi connectivity index (χ0v) is 12.2. The van der Waals surface area contributed by atoms with Crippen LogP contribution in [0.2, 0.25) is 0 Å². The van der Waals surface area contributed by atoms with Crippen molar-refractivity contribution >= 4 is 5.91 Å². The topological polar surface area (TPSA) is 24.7 Å². The molecular weight excluding hydrogens is 248 g/mol. The molecule has 0 radical (unpaired) electrons. The SMILES string of the molecule is [C-]#[N+]C(Cc1ccccc1)C(=O)N1CC(C)CC(C)C1. The molecule has 0 saturated carbocycles. The number of piperidine rings is 1. The van der Waals surface area contributed by atoms with Gasteiger partial charge in [-0.15, -0.1) is 0 Å². The van der Waals surface area contributed by atoms with Gasteiger partial charge >= 0.3 is 11.9 Å². The van der Waals surface area contributed by atoms with Crippen LogP contribution < -0.4 is 0 Å². The average molecular weight is 270 g/mol. The van der Waals surface area contributed by atoms with Crippen molar-refractivity contribution in [1.82, 2.24) is 4.90 Å². The first-order valence-corrected chi connectivity index (χ1v) is 7.29. The summed E-state index contributed by atoms with van der Waals surface area (Å²) in [7, 11) is 0. The third-order valence-electron chi connectivity index (χ3n) is 3.89. The average Bonchev–Trinajstić information content (AvgIpc) is 2.44. The van der Waals surface area contributed by atoms with Gasteiger partial charge in [0.15, 0.2) is 0 Å². The van der Waals surface area contributed by atoms with Gasteiger partial charge in [-0.05, 0) is 23.8 Å². The van der Waals surface area contributed by atoms with E-state index in [4.69, 9.17) is 6.57 Å². The van der Waals surface area contributed by atoms with Crippen molar-refractivity contribution in [3.63, 3.8) is 0 Å². The Hall–Kier alpha value is -1.82. The fraction of sp³-hybridized carbons (Fsp3) is 0.529. The molecule has 1 fully saturated rings. The molecule has 3 atom stereocenters. The molecule has 20 heavy (non-hydrogen) atoms. The summed E-state index contributed by atoms with van der Waals surface area (Å²) in [6.07, 6.45) is 1.69. The molecule has 3 heteroatoms. The summed E-state index contributed by atoms with van der Waals surface area (Å²) in [4.78, 5) is 18.0. The number of hydrogen-bond acceptors (Lipinski definition) is 1. The molecule has 0 N–H and O–H groups in total. The normalized spacial score (nSPS) is 23.9. The molecule has 1 heterocycles. The maximum absolute atomic E-state index is 12.5. The Morgan fingerprint density at radius 2 is 1.90 bits per heavy atom. The van der Waals surface area contributed by atoms with Crippen LogP contribution in [0.4, 0.5) is 0 Å². The molecule has 1 aliphatic rings. The Balaban J connectivity index is 2.04. The van der Waals surface area contributed by atoms with Crippen LogP contribution in [-0.4, -0.2) is 29.9 Å². The smallest absolute Gasteiger partial charge is 0.306 e. The fourth-order valence-electron chi connectivity index (χ4n) is 3.08. The standard InChI is InChI=1S/C17H22N2O/c1-13-9-14(2)12-19(11-13)17(20)16(18-3)10-15-7-5-4-6-8-15/h4-8,13-14,16H,9-12H2,1-2H3. The number of rotatable bonds is 3. The minimum Gasteiger partial charge on any atom is -0.335 e. The minimum atomic E-state index is -0.574. The second kappa shape index (κ2) is 6.56. The minimum absolute atomic E-state index is 0.00209. The number of nitrogens with zero attached hydrogens (tertiary/aromatic N) is 2. The fourth-order valence-corrected chi connectivity index (χ4v) is 3.08. The highest BCUT2D eigenvalue weighted by molar-refractivity contribution is 5.84. The van der Waals surface area contributed by atoms with Gasteiger partial charge in [-0.2, -0.15) is 0 Å². The van der Waals surface area contributed by atoms with E-state index in [0.29, 0.717) is 18.3 Å². The number of hydrogen-bond donors (Lipinski definition) is 0. The van der Waals surface area contributed by atoms with E-state index >= 15 is 0 Å². The van der Waals surface area contributed by atoms with Crippen LogP contribution in [0.3, 0.4) is 0 Å². The molecule has 1 aliphatic heterocycles. The Bertz CT molecular complexity index is 481. The lowest BCUT2D eigenvalue weighted by molar-refractivity contribution is -0.134. The molecule has 3 nitrogen and oxygen atoms in total. The summed E-state index contributed by atoms with van der Waals surface area (Å²) in [6.45, 7) is 13.3. The molecule has 0 aliphatic carbocycles. The van der Waals surface area contributed by atoms with Crippen LogP contribution >= 0.6 is 0 Å². The van der Waals surface area contributed by atoms with Crippen molar-refractivity contribution < 1.29 is 4.79 Å². The van der Waals surface area contributed by atoms with Crippen molar-refractivity contribution in [3.8, 4) is 0 Å². The van der Waals surface area contributed by atoms with Crippen molar-refractivity contribution in [2.24, 2.45) is 11.8 Å². The van der Waals surface area contributed by atoms with Crippen molar-refractivity contribution in [3.05, 3.63) is 47.3 Å². The lowest BCUT2D eigenvalue weighted by atomic mass is 9.91. The van der Waals surface area contributed by atoms with E-state index in [1.165, 1.54) is 6.42 Å². The molecule has 1 aromatic carbocycles. The molecule has 0 bridgehead atoms. The highest BCUT2D eigenvalue weighted by Gasteiger charge is 2.33. The van der Waals surface area contributed by atoms with Gasteiger partial charge in [-0.25, -0.2) is 6.57 Å². The van der Waals surface area contributed by atoms with E-state index in [1.54, 1.807) is 0 Å². The van der Waals surface area contributed by atoms with Gasteiger partial charge in [0.2, 0.25) is 0 Å². The summed E-state index contributed by atoms with van der Waals surface area (Å²) in [5.74, 6) is 1.07. The number of carbonyl (C=O) groups is 1. The Morgan fingerprint density at radius 3 is 2.45 bits per heavy atom. The van der Waals surface area contributed by atoms with Gasteiger partial charge in [0, 0.05) is 13.1 Å². The highest BCUT2D eigenvalue weighted by Crippen LogP contribution is 2.22. The van der Waals surface area contributed by atoms with Crippen LogP contribution in [-0.2, 0) is 11.2 Å². The second-order valence-corrected chi connectivity index (χ2v) is 6.02. The van der Waals surface area contributed by atoms with Crippen LogP contribution in [0.1, 0.15) is 25.8 Å². The highest BCUT2D eigenvalue weighted by atomic mass is 16.2. The molecule has 1 saturated heterocycles. The van der Waals surface area contributed by atoms with Gasteiger partial charge < -0.3 is 9.74 Å². The Kier molecular flexibility index (Phi) is 4.79. The van der Waals surface area contributed by atoms with Crippen LogP contribution in [0.25, 0.3) is 4.85 Å². The molecular formula is C17H22N2O. The first kappa shape index (κ1) is 14.6. The number of likely N-dealkylation sites (tertiary alicyclic amines) is 1. The van der Waals surface area contributed by atoms with E-state index in [0.717, 1.165) is 18.7 Å². The molecule has 3 unspecified atom stereocenters. The Morgan fingerprint density at radius 1 is 1.30 bits per heavy atom. The van der Waals surface area contributed by atoms with Gasteiger partial charge in [0.25, 0.3) is 0 Å². The lowest BCUT2D eigenvalue weighted by Crippen LogP contribution is -2.46. The van der Waals surface area contributed by atoms with E-state index in [2.05, 4.69) is 18.7 Å². The van der Waals surface area contributed by atoms with Crippen LogP contribution in [0, 0.1) is 18.4 Å². The quantitative estimate of drug-likeness (QED) is 0.775. The molecule has 0 aromatic heterocycles. The van der Waals surface area contributed by atoms with E-state index < -0.39 is 6.04 Å². The van der Waals surface area contributed by atoms with Crippen LogP contribution in [0.5, 0.6) is 0 Å². The third kappa shape index (κ3) is 3.60. The van der Waals surface area contributed by atoms with Gasteiger partial charge in [0.05, 0.1) is 6.42 Å². The molecule has 1 aromatic rings. The monoisotopic (exact) mass is 270 g/mol. The van der Waals surface area contributed by atoms with Crippen molar-refractivity contribution in [1.29, 1.82) is 0 Å². The zero-order chi connectivity index (χ0) is 14.5.